The lowest BCUT2D eigenvalue weighted by molar-refractivity contribution is 0.357. The van der Waals surface area contributed by atoms with Gasteiger partial charge in [0.25, 0.3) is 0 Å². The Hall–Kier alpha value is -2.41. The van der Waals surface area contributed by atoms with Gasteiger partial charge in [-0.2, -0.15) is 10.2 Å². The van der Waals surface area contributed by atoms with Crippen LogP contribution >= 0.6 is 0 Å². The number of hydrogen-bond acceptors (Lipinski definition) is 5. The number of fused-ring (bicyclic) bond motifs is 1. The molecule has 1 aliphatic heterocycles. The number of hydrogen-bond donors (Lipinski definition) is 2. The molecule has 1 atom stereocenters. The van der Waals surface area contributed by atoms with Gasteiger partial charge in [0.2, 0.25) is 0 Å². The second kappa shape index (κ2) is 6.48. The molecular weight excluding hydrogens is 316 g/mol. The van der Waals surface area contributed by atoms with E-state index >= 15 is 0 Å². The van der Waals surface area contributed by atoms with Crippen molar-refractivity contribution < 1.29 is 4.42 Å². The number of aromatic amines is 1. The summed E-state index contributed by atoms with van der Waals surface area (Å²) >= 11 is 0. The van der Waals surface area contributed by atoms with Gasteiger partial charge in [0, 0.05) is 30.5 Å². The van der Waals surface area contributed by atoms with Gasteiger partial charge in [-0.3, -0.25) is 5.10 Å². The molecule has 7 heteroatoms. The molecule has 3 aromatic rings. The highest BCUT2D eigenvalue weighted by Gasteiger charge is 2.22. The summed E-state index contributed by atoms with van der Waals surface area (Å²) in [6, 6.07) is 4.32. The third-order valence-electron chi connectivity index (χ3n) is 4.68. The molecule has 0 spiro atoms. The highest BCUT2D eigenvalue weighted by Crippen LogP contribution is 2.24. The van der Waals surface area contributed by atoms with Crippen LogP contribution in [0.3, 0.4) is 0 Å². The van der Waals surface area contributed by atoms with Crippen molar-refractivity contribution in [3.63, 3.8) is 0 Å². The Bertz CT molecular complexity index is 859. The van der Waals surface area contributed by atoms with E-state index in [1.165, 1.54) is 0 Å². The van der Waals surface area contributed by atoms with Crippen LogP contribution < -0.4 is 5.32 Å². The summed E-state index contributed by atoms with van der Waals surface area (Å²) in [6.07, 6.45) is 3.90. The van der Waals surface area contributed by atoms with Crippen molar-refractivity contribution in [2.75, 3.05) is 0 Å². The first-order valence-electron chi connectivity index (χ1n) is 8.86. The van der Waals surface area contributed by atoms with E-state index in [0.717, 1.165) is 60.4 Å². The lowest BCUT2D eigenvalue weighted by atomic mass is 10.1. The Kier molecular flexibility index (Phi) is 4.17. The van der Waals surface area contributed by atoms with E-state index in [0.29, 0.717) is 12.0 Å². The lowest BCUT2D eigenvalue weighted by Gasteiger charge is -2.23. The van der Waals surface area contributed by atoms with Crippen LogP contribution in [0.25, 0.3) is 11.5 Å². The molecule has 1 aliphatic rings. The molecule has 0 aromatic carbocycles. The van der Waals surface area contributed by atoms with E-state index < -0.39 is 0 Å². The van der Waals surface area contributed by atoms with Gasteiger partial charge in [0.1, 0.15) is 17.3 Å². The standard InChI is InChI=1S/C18H24N6O/c1-11(2)18-21-16-7-5-14(10-24(16)23-18)19-8-13-9-20-22-17(13)15-6-4-12(3)25-15/h4,6,9,11,14,19H,5,7-8,10H2,1-3H3,(H,20,22)/t14-/m1/s1. The van der Waals surface area contributed by atoms with Crippen LogP contribution in [0, 0.1) is 6.92 Å². The molecule has 25 heavy (non-hydrogen) atoms. The predicted octanol–water partition coefficient (Wildman–Crippen LogP) is 2.80. The maximum absolute atomic E-state index is 5.71. The molecule has 3 aromatic heterocycles. The van der Waals surface area contributed by atoms with Gasteiger partial charge >= 0.3 is 0 Å². The molecule has 7 nitrogen and oxygen atoms in total. The third kappa shape index (κ3) is 3.24. The molecule has 0 amide bonds. The first-order chi connectivity index (χ1) is 12.1. The van der Waals surface area contributed by atoms with Crippen molar-refractivity contribution in [2.24, 2.45) is 0 Å². The minimum atomic E-state index is 0.370. The number of H-pyrrole nitrogens is 1. The average Bonchev–Trinajstić information content (AvgIpc) is 3.30. The Labute approximate surface area is 146 Å². The molecule has 0 saturated heterocycles. The maximum Gasteiger partial charge on any atom is 0.153 e. The number of nitrogens with zero attached hydrogens (tertiary/aromatic N) is 4. The molecule has 0 unspecified atom stereocenters. The second-order valence-corrected chi connectivity index (χ2v) is 7.02. The van der Waals surface area contributed by atoms with Crippen LogP contribution in [0.15, 0.2) is 22.7 Å². The van der Waals surface area contributed by atoms with Gasteiger partial charge in [-0.15, -0.1) is 0 Å². The predicted molar refractivity (Wildman–Crippen MR) is 94.1 cm³/mol. The van der Waals surface area contributed by atoms with Crippen molar-refractivity contribution in [1.29, 1.82) is 0 Å². The monoisotopic (exact) mass is 340 g/mol. The van der Waals surface area contributed by atoms with Gasteiger partial charge in [0.05, 0.1) is 12.7 Å². The first kappa shape index (κ1) is 16.1. The largest absolute Gasteiger partial charge is 0.460 e. The molecular formula is C18H24N6O. The van der Waals surface area contributed by atoms with Crippen LogP contribution in [-0.2, 0) is 19.5 Å². The van der Waals surface area contributed by atoms with E-state index in [-0.39, 0.29) is 0 Å². The van der Waals surface area contributed by atoms with Gasteiger partial charge in [-0.25, -0.2) is 9.67 Å². The Morgan fingerprint density at radius 2 is 2.28 bits per heavy atom. The van der Waals surface area contributed by atoms with Crippen molar-refractivity contribution in [1.82, 2.24) is 30.3 Å². The highest BCUT2D eigenvalue weighted by atomic mass is 16.3. The molecule has 0 bridgehead atoms. The fraction of sp³-hybridized carbons (Fsp3) is 0.500. The first-order valence-corrected chi connectivity index (χ1v) is 8.86. The van der Waals surface area contributed by atoms with Gasteiger partial charge in [0.15, 0.2) is 11.6 Å². The minimum absolute atomic E-state index is 0.370. The molecule has 0 saturated carbocycles. The Balaban J connectivity index is 1.42. The molecule has 2 N–H and O–H groups in total. The second-order valence-electron chi connectivity index (χ2n) is 7.02. The van der Waals surface area contributed by atoms with E-state index in [1.807, 2.05) is 25.3 Å². The quantitative estimate of drug-likeness (QED) is 0.746. The number of aromatic nitrogens is 5. The summed E-state index contributed by atoms with van der Waals surface area (Å²) in [5.74, 6) is 4.15. The summed E-state index contributed by atoms with van der Waals surface area (Å²) in [7, 11) is 0. The molecule has 4 rings (SSSR count). The summed E-state index contributed by atoms with van der Waals surface area (Å²) < 4.78 is 7.77. The van der Waals surface area contributed by atoms with Crippen molar-refractivity contribution in [3.8, 4) is 11.5 Å². The maximum atomic E-state index is 5.71. The van der Waals surface area contributed by atoms with Gasteiger partial charge in [-0.05, 0) is 25.5 Å². The van der Waals surface area contributed by atoms with Crippen LogP contribution in [0.2, 0.25) is 0 Å². The van der Waals surface area contributed by atoms with Gasteiger partial charge in [-0.1, -0.05) is 13.8 Å². The fourth-order valence-electron chi connectivity index (χ4n) is 3.22. The van der Waals surface area contributed by atoms with E-state index in [4.69, 9.17) is 4.42 Å². The number of rotatable bonds is 5. The number of nitrogens with one attached hydrogen (secondary N) is 2. The highest BCUT2D eigenvalue weighted by molar-refractivity contribution is 5.56. The molecule has 0 fully saturated rings. The zero-order valence-corrected chi connectivity index (χ0v) is 14.9. The topological polar surface area (TPSA) is 84.6 Å². The summed E-state index contributed by atoms with van der Waals surface area (Å²) in [6.45, 7) is 7.82. The SMILES string of the molecule is Cc1ccc(-c2[nH]ncc2CN[C@@H]2CCc3nc(C(C)C)nn3C2)o1. The molecule has 0 radical (unpaired) electrons. The summed E-state index contributed by atoms with van der Waals surface area (Å²) in [5, 5.41) is 15.5. The van der Waals surface area contributed by atoms with E-state index in [2.05, 4.69) is 44.1 Å². The number of furan rings is 1. The van der Waals surface area contributed by atoms with Crippen molar-refractivity contribution >= 4 is 0 Å². The van der Waals surface area contributed by atoms with Crippen molar-refractivity contribution in [2.45, 2.75) is 58.7 Å². The molecule has 0 aliphatic carbocycles. The summed E-state index contributed by atoms with van der Waals surface area (Å²) in [4.78, 5) is 4.65. The lowest BCUT2D eigenvalue weighted by Crippen LogP contribution is -2.37. The van der Waals surface area contributed by atoms with E-state index in [9.17, 15) is 0 Å². The van der Waals surface area contributed by atoms with Crippen LogP contribution in [0.4, 0.5) is 0 Å². The smallest absolute Gasteiger partial charge is 0.153 e. The zero-order valence-electron chi connectivity index (χ0n) is 14.9. The van der Waals surface area contributed by atoms with Crippen LogP contribution in [0.1, 0.15) is 49.2 Å². The molecule has 4 heterocycles. The fourth-order valence-corrected chi connectivity index (χ4v) is 3.22. The van der Waals surface area contributed by atoms with Gasteiger partial charge < -0.3 is 9.73 Å². The van der Waals surface area contributed by atoms with E-state index in [1.54, 1.807) is 0 Å². The zero-order chi connectivity index (χ0) is 17.4. The Morgan fingerprint density at radius 3 is 3.04 bits per heavy atom. The summed E-state index contributed by atoms with van der Waals surface area (Å²) in [5.41, 5.74) is 2.06. The van der Waals surface area contributed by atoms with Crippen molar-refractivity contribution in [3.05, 3.63) is 41.3 Å². The molecule has 132 valence electrons. The third-order valence-corrected chi connectivity index (χ3v) is 4.68. The minimum Gasteiger partial charge on any atom is -0.460 e. The average molecular weight is 340 g/mol. The Morgan fingerprint density at radius 1 is 1.40 bits per heavy atom. The van der Waals surface area contributed by atoms with Crippen LogP contribution in [-0.4, -0.2) is 31.0 Å². The normalized spacial score (nSPS) is 17.2. The van der Waals surface area contributed by atoms with Crippen LogP contribution in [0.5, 0.6) is 0 Å². The number of aryl methyl sites for hydroxylation is 2.